The molecule has 0 saturated carbocycles. The van der Waals surface area contributed by atoms with Crippen molar-refractivity contribution in [2.24, 2.45) is 0 Å². The van der Waals surface area contributed by atoms with Crippen LogP contribution in [0.25, 0.3) is 0 Å². The minimum Gasteiger partial charge on any atom is -0.465 e. The molecule has 0 N–H and O–H groups in total. The van der Waals surface area contributed by atoms with Crippen LogP contribution >= 0.6 is 11.6 Å². The van der Waals surface area contributed by atoms with E-state index in [1.807, 2.05) is 0 Å². The predicted molar refractivity (Wildman–Crippen MR) is 47.8 cm³/mol. The van der Waals surface area contributed by atoms with Gasteiger partial charge in [-0.05, 0) is 12.1 Å². The van der Waals surface area contributed by atoms with E-state index in [1.165, 1.54) is 0 Å². The molecule has 1 aromatic rings. The van der Waals surface area contributed by atoms with Crippen molar-refractivity contribution >= 4 is 17.6 Å². The van der Waals surface area contributed by atoms with Crippen LogP contribution in [0, 0.1) is 5.82 Å². The minimum atomic E-state index is -4.92. The SMILES string of the molecule is COC(=O)c1cc(Cl)cc(C(F)(F)F)c1F. The topological polar surface area (TPSA) is 26.3 Å². The highest BCUT2D eigenvalue weighted by Gasteiger charge is 2.36. The molecular weight excluding hydrogens is 252 g/mol. The van der Waals surface area contributed by atoms with Crippen molar-refractivity contribution in [1.82, 2.24) is 0 Å². The van der Waals surface area contributed by atoms with Crippen LogP contribution in [0.4, 0.5) is 17.6 Å². The number of hydrogen-bond donors (Lipinski definition) is 0. The van der Waals surface area contributed by atoms with Gasteiger partial charge in [0.2, 0.25) is 0 Å². The maximum Gasteiger partial charge on any atom is 0.419 e. The zero-order valence-corrected chi connectivity index (χ0v) is 8.62. The molecule has 0 unspecified atom stereocenters. The lowest BCUT2D eigenvalue weighted by atomic mass is 10.1. The molecule has 0 heterocycles. The highest BCUT2D eigenvalue weighted by molar-refractivity contribution is 6.31. The summed E-state index contributed by atoms with van der Waals surface area (Å²) in [5, 5.41) is -0.394. The van der Waals surface area contributed by atoms with E-state index < -0.39 is 34.1 Å². The Balaban J connectivity index is 3.44. The second-order valence-corrected chi connectivity index (χ2v) is 3.24. The van der Waals surface area contributed by atoms with E-state index in [0.717, 1.165) is 13.2 Å². The summed E-state index contributed by atoms with van der Waals surface area (Å²) >= 11 is 5.35. The largest absolute Gasteiger partial charge is 0.465 e. The van der Waals surface area contributed by atoms with Crippen LogP contribution in [0.2, 0.25) is 5.02 Å². The summed E-state index contributed by atoms with van der Waals surface area (Å²) in [6.45, 7) is 0. The Morgan fingerprint density at radius 2 is 1.94 bits per heavy atom. The van der Waals surface area contributed by atoms with Crippen LogP contribution < -0.4 is 0 Å². The Morgan fingerprint density at radius 3 is 2.38 bits per heavy atom. The fraction of sp³-hybridized carbons (Fsp3) is 0.222. The summed E-state index contributed by atoms with van der Waals surface area (Å²) in [6, 6.07) is 1.18. The smallest absolute Gasteiger partial charge is 0.419 e. The Morgan fingerprint density at radius 1 is 1.38 bits per heavy atom. The van der Waals surface area contributed by atoms with Crippen LogP contribution in [0.5, 0.6) is 0 Å². The van der Waals surface area contributed by atoms with E-state index >= 15 is 0 Å². The van der Waals surface area contributed by atoms with Gasteiger partial charge in [0.05, 0.1) is 18.2 Å². The van der Waals surface area contributed by atoms with E-state index in [0.29, 0.717) is 6.07 Å². The van der Waals surface area contributed by atoms with E-state index in [9.17, 15) is 22.4 Å². The fourth-order valence-electron chi connectivity index (χ4n) is 1.05. The molecule has 0 amide bonds. The molecule has 7 heteroatoms. The maximum atomic E-state index is 13.3. The molecule has 0 aliphatic carbocycles. The summed E-state index contributed by atoms with van der Waals surface area (Å²) in [5.74, 6) is -2.91. The van der Waals surface area contributed by atoms with Gasteiger partial charge in [-0.3, -0.25) is 0 Å². The van der Waals surface area contributed by atoms with Crippen molar-refractivity contribution in [3.8, 4) is 0 Å². The van der Waals surface area contributed by atoms with Gasteiger partial charge in [-0.2, -0.15) is 13.2 Å². The monoisotopic (exact) mass is 256 g/mol. The van der Waals surface area contributed by atoms with E-state index in [-0.39, 0.29) is 0 Å². The second kappa shape index (κ2) is 4.29. The van der Waals surface area contributed by atoms with Crippen LogP contribution in [-0.4, -0.2) is 13.1 Å². The molecule has 16 heavy (non-hydrogen) atoms. The van der Waals surface area contributed by atoms with Gasteiger partial charge in [-0.1, -0.05) is 11.6 Å². The lowest BCUT2D eigenvalue weighted by Crippen LogP contribution is -2.13. The Labute approximate surface area is 92.8 Å². The summed E-state index contributed by atoms with van der Waals surface area (Å²) in [5.41, 5.74) is -2.44. The third kappa shape index (κ3) is 2.44. The average molecular weight is 257 g/mol. The van der Waals surface area contributed by atoms with Gasteiger partial charge in [0.25, 0.3) is 0 Å². The first-order valence-electron chi connectivity index (χ1n) is 3.92. The van der Waals surface area contributed by atoms with Crippen LogP contribution in [0.15, 0.2) is 12.1 Å². The number of carbonyl (C=O) groups excluding carboxylic acids is 1. The van der Waals surface area contributed by atoms with Gasteiger partial charge < -0.3 is 4.74 Å². The Hall–Kier alpha value is -1.30. The number of carbonyl (C=O) groups is 1. The summed E-state index contributed by atoms with van der Waals surface area (Å²) in [7, 11) is 0.927. The summed E-state index contributed by atoms with van der Waals surface area (Å²) < 4.78 is 54.4. The Bertz CT molecular complexity index is 428. The molecule has 0 spiro atoms. The average Bonchev–Trinajstić information content (AvgIpc) is 2.18. The number of hydrogen-bond acceptors (Lipinski definition) is 2. The highest BCUT2D eigenvalue weighted by atomic mass is 35.5. The summed E-state index contributed by atoms with van der Waals surface area (Å²) in [6.07, 6.45) is -4.92. The van der Waals surface area contributed by atoms with Gasteiger partial charge in [0, 0.05) is 5.02 Å². The quantitative estimate of drug-likeness (QED) is 0.569. The molecule has 0 fully saturated rings. The number of halogens is 5. The molecule has 0 saturated heterocycles. The molecule has 0 atom stereocenters. The van der Waals surface area contributed by atoms with Crippen molar-refractivity contribution in [3.05, 3.63) is 34.1 Å². The van der Waals surface area contributed by atoms with Crippen molar-refractivity contribution in [3.63, 3.8) is 0 Å². The molecule has 0 bridgehead atoms. The first-order chi connectivity index (χ1) is 7.27. The third-order valence-electron chi connectivity index (χ3n) is 1.75. The Kier molecular flexibility index (Phi) is 3.42. The van der Waals surface area contributed by atoms with Crippen molar-refractivity contribution in [2.75, 3.05) is 7.11 Å². The standard InChI is InChI=1S/C9H5ClF4O2/c1-16-8(15)5-2-4(10)3-6(7(5)11)9(12,13)14/h2-3H,1H3. The van der Waals surface area contributed by atoms with E-state index in [4.69, 9.17) is 11.6 Å². The second-order valence-electron chi connectivity index (χ2n) is 2.80. The molecule has 88 valence electrons. The first-order valence-corrected chi connectivity index (χ1v) is 4.29. The van der Waals surface area contributed by atoms with Crippen molar-refractivity contribution < 1.29 is 27.1 Å². The number of rotatable bonds is 1. The van der Waals surface area contributed by atoms with E-state index in [1.54, 1.807) is 0 Å². The number of alkyl halides is 3. The highest BCUT2D eigenvalue weighted by Crippen LogP contribution is 2.34. The lowest BCUT2D eigenvalue weighted by molar-refractivity contribution is -0.140. The third-order valence-corrected chi connectivity index (χ3v) is 1.97. The van der Waals surface area contributed by atoms with Gasteiger partial charge in [0.15, 0.2) is 0 Å². The van der Waals surface area contributed by atoms with Crippen LogP contribution in [0.3, 0.4) is 0 Å². The van der Waals surface area contributed by atoms with Gasteiger partial charge in [-0.15, -0.1) is 0 Å². The zero-order valence-electron chi connectivity index (χ0n) is 7.86. The molecule has 0 aromatic heterocycles. The fourth-order valence-corrected chi connectivity index (χ4v) is 1.27. The zero-order chi connectivity index (χ0) is 12.5. The minimum absolute atomic E-state index is 0.394. The molecule has 2 nitrogen and oxygen atoms in total. The molecule has 0 radical (unpaired) electrons. The normalized spacial score (nSPS) is 11.4. The van der Waals surface area contributed by atoms with E-state index in [2.05, 4.69) is 4.74 Å². The van der Waals surface area contributed by atoms with Crippen LogP contribution in [0.1, 0.15) is 15.9 Å². The molecule has 1 aromatic carbocycles. The number of benzene rings is 1. The maximum absolute atomic E-state index is 13.3. The number of ether oxygens (including phenoxy) is 1. The number of methoxy groups -OCH3 is 1. The molecule has 1 rings (SSSR count). The van der Waals surface area contributed by atoms with Gasteiger partial charge in [0.1, 0.15) is 5.82 Å². The number of esters is 1. The predicted octanol–water partition coefficient (Wildman–Crippen LogP) is 3.28. The van der Waals surface area contributed by atoms with Crippen molar-refractivity contribution in [1.29, 1.82) is 0 Å². The van der Waals surface area contributed by atoms with Crippen molar-refractivity contribution in [2.45, 2.75) is 6.18 Å². The molecule has 0 aliphatic heterocycles. The van der Waals surface area contributed by atoms with Gasteiger partial charge >= 0.3 is 12.1 Å². The van der Waals surface area contributed by atoms with Crippen LogP contribution in [-0.2, 0) is 10.9 Å². The first kappa shape index (κ1) is 12.8. The molecular formula is C9H5ClF4O2. The molecule has 0 aliphatic rings. The lowest BCUT2D eigenvalue weighted by Gasteiger charge is -2.10. The van der Waals surface area contributed by atoms with Gasteiger partial charge in [-0.25, -0.2) is 9.18 Å². The summed E-state index contributed by atoms with van der Waals surface area (Å²) in [4.78, 5) is 11.0.